The third-order valence-electron chi connectivity index (χ3n) is 7.55. The predicted molar refractivity (Wildman–Crippen MR) is 140 cm³/mol. The van der Waals surface area contributed by atoms with Gasteiger partial charge in [-0.15, -0.1) is 11.3 Å². The Morgan fingerprint density at radius 2 is 1.94 bits per heavy atom. The third-order valence-corrected chi connectivity index (χ3v) is 8.76. The van der Waals surface area contributed by atoms with Gasteiger partial charge in [-0.05, 0) is 51.3 Å². The molecule has 3 aromatic rings. The number of para-hydroxylation sites is 1. The molecule has 0 bridgehead atoms. The molecule has 0 radical (unpaired) electrons. The number of thiophene rings is 1. The molecule has 3 heterocycles. The molecule has 35 heavy (non-hydrogen) atoms. The average Bonchev–Trinajstić information content (AvgIpc) is 3.42. The number of carbonyl (C=O) groups excluding carboxylic acids is 2. The summed E-state index contributed by atoms with van der Waals surface area (Å²) >= 11 is 1.73. The van der Waals surface area contributed by atoms with Crippen LogP contribution in [0.2, 0.25) is 0 Å². The first-order valence-electron chi connectivity index (χ1n) is 12.9. The van der Waals surface area contributed by atoms with E-state index in [4.69, 9.17) is 4.74 Å². The van der Waals surface area contributed by atoms with Crippen molar-refractivity contribution >= 4 is 33.4 Å². The Kier molecular flexibility index (Phi) is 6.62. The van der Waals surface area contributed by atoms with Crippen LogP contribution in [0, 0.1) is 0 Å². The van der Waals surface area contributed by atoms with Crippen LogP contribution in [0.1, 0.15) is 73.8 Å². The summed E-state index contributed by atoms with van der Waals surface area (Å²) in [6, 6.07) is 12.2. The van der Waals surface area contributed by atoms with Crippen LogP contribution in [0.4, 0.5) is 0 Å². The number of benzene rings is 1. The van der Waals surface area contributed by atoms with Crippen LogP contribution in [0.5, 0.6) is 5.75 Å². The molecular weight excluding hydrogens is 458 g/mol. The maximum atomic E-state index is 14.0. The molecule has 1 aliphatic heterocycles. The maximum absolute atomic E-state index is 14.0. The molecule has 1 aliphatic carbocycles. The predicted octanol–water partition coefficient (Wildman–Crippen LogP) is 5.53. The van der Waals surface area contributed by atoms with E-state index in [1.165, 1.54) is 11.3 Å². The van der Waals surface area contributed by atoms with Gasteiger partial charge in [-0.2, -0.15) is 0 Å². The van der Waals surface area contributed by atoms with Crippen molar-refractivity contribution in [3.8, 4) is 5.75 Å². The highest BCUT2D eigenvalue weighted by Crippen LogP contribution is 2.38. The minimum absolute atomic E-state index is 0.0647. The van der Waals surface area contributed by atoms with Gasteiger partial charge < -0.3 is 19.5 Å². The molecule has 186 valence electrons. The molecule has 7 heteroatoms. The van der Waals surface area contributed by atoms with E-state index < -0.39 is 5.54 Å². The molecule has 2 aromatic heterocycles. The molecule has 6 nitrogen and oxygen atoms in total. The van der Waals surface area contributed by atoms with E-state index in [0.717, 1.165) is 53.6 Å². The van der Waals surface area contributed by atoms with Gasteiger partial charge in [-0.3, -0.25) is 9.59 Å². The number of nitrogens with zero attached hydrogens (tertiary/aromatic N) is 2. The molecule has 1 saturated carbocycles. The molecule has 0 unspecified atom stereocenters. The zero-order chi connectivity index (χ0) is 24.6. The number of hydrogen-bond acceptors (Lipinski definition) is 4. The first-order valence-corrected chi connectivity index (χ1v) is 13.7. The zero-order valence-electron chi connectivity index (χ0n) is 20.9. The Morgan fingerprint density at radius 1 is 1.17 bits per heavy atom. The highest BCUT2D eigenvalue weighted by molar-refractivity contribution is 7.19. The van der Waals surface area contributed by atoms with E-state index >= 15 is 0 Å². The quantitative estimate of drug-likeness (QED) is 0.471. The SMILES string of the molecule is CCOc1ccccc1CN1C(=O)c2cc3sc(CC)cc3n2C[C@@]1(C)C(=O)NC1CCCCC1. The van der Waals surface area contributed by atoms with Gasteiger partial charge in [-0.1, -0.05) is 44.4 Å². The van der Waals surface area contributed by atoms with Crippen molar-refractivity contribution in [2.24, 2.45) is 0 Å². The first-order chi connectivity index (χ1) is 16.9. The highest BCUT2D eigenvalue weighted by Gasteiger charge is 2.48. The van der Waals surface area contributed by atoms with Gasteiger partial charge in [0.2, 0.25) is 5.91 Å². The summed E-state index contributed by atoms with van der Waals surface area (Å²) in [5, 5.41) is 3.32. The zero-order valence-corrected chi connectivity index (χ0v) is 21.7. The number of aromatic nitrogens is 1. The number of hydrogen-bond donors (Lipinski definition) is 1. The van der Waals surface area contributed by atoms with E-state index in [2.05, 4.69) is 22.9 Å². The van der Waals surface area contributed by atoms with Gasteiger partial charge in [0, 0.05) is 16.5 Å². The summed E-state index contributed by atoms with van der Waals surface area (Å²) in [4.78, 5) is 31.0. The van der Waals surface area contributed by atoms with Crippen molar-refractivity contribution in [2.75, 3.05) is 6.61 Å². The standard InChI is InChI=1S/C28H35N3O3S/c1-4-21-15-22-25(35-21)16-23-26(32)31(17-19-11-9-10-14-24(19)34-5-2)28(3,18-30(22)23)27(33)29-20-12-7-6-8-13-20/h9-11,14-16,20H,4-8,12-13,17-18H2,1-3H3,(H,29,33)/t28-/m0/s1. The number of amides is 2. The normalized spacial score (nSPS) is 20.8. The van der Waals surface area contributed by atoms with Gasteiger partial charge >= 0.3 is 0 Å². The van der Waals surface area contributed by atoms with Crippen molar-refractivity contribution in [2.45, 2.75) is 84.0 Å². The van der Waals surface area contributed by atoms with E-state index in [1.807, 2.05) is 44.2 Å². The van der Waals surface area contributed by atoms with Gasteiger partial charge in [0.1, 0.15) is 17.0 Å². The van der Waals surface area contributed by atoms with Crippen molar-refractivity contribution in [3.63, 3.8) is 0 Å². The second kappa shape index (κ2) is 9.69. The molecule has 2 aliphatic rings. The van der Waals surface area contributed by atoms with Crippen LogP contribution in [0.25, 0.3) is 10.2 Å². The van der Waals surface area contributed by atoms with Gasteiger partial charge in [0.05, 0.1) is 29.9 Å². The summed E-state index contributed by atoms with van der Waals surface area (Å²) in [5.74, 6) is 0.586. The van der Waals surface area contributed by atoms with E-state index in [9.17, 15) is 9.59 Å². The van der Waals surface area contributed by atoms with Gasteiger partial charge in [-0.25, -0.2) is 0 Å². The smallest absolute Gasteiger partial charge is 0.271 e. The van der Waals surface area contributed by atoms with Crippen molar-refractivity contribution in [1.82, 2.24) is 14.8 Å². The van der Waals surface area contributed by atoms with Gasteiger partial charge in [0.25, 0.3) is 5.91 Å². The van der Waals surface area contributed by atoms with Gasteiger partial charge in [0.15, 0.2) is 0 Å². The topological polar surface area (TPSA) is 63.6 Å². The lowest BCUT2D eigenvalue weighted by Crippen LogP contribution is -2.64. The number of fused-ring (bicyclic) bond motifs is 3. The van der Waals surface area contributed by atoms with E-state index in [0.29, 0.717) is 25.4 Å². The Morgan fingerprint density at radius 3 is 2.69 bits per heavy atom. The summed E-state index contributed by atoms with van der Waals surface area (Å²) in [6.07, 6.45) is 6.48. The lowest BCUT2D eigenvalue weighted by molar-refractivity contribution is -0.134. The summed E-state index contributed by atoms with van der Waals surface area (Å²) in [5.41, 5.74) is 1.61. The number of carbonyl (C=O) groups is 2. The molecule has 1 N–H and O–H groups in total. The third kappa shape index (κ3) is 4.35. The van der Waals surface area contributed by atoms with Crippen LogP contribution in [0.3, 0.4) is 0 Å². The highest BCUT2D eigenvalue weighted by atomic mass is 32.1. The molecule has 0 spiro atoms. The number of rotatable bonds is 7. The molecule has 1 atom stereocenters. The van der Waals surface area contributed by atoms with Crippen LogP contribution in [-0.4, -0.2) is 39.5 Å². The Bertz CT molecular complexity index is 1240. The minimum atomic E-state index is -1.01. The number of aryl methyl sites for hydroxylation is 1. The molecule has 5 rings (SSSR count). The largest absolute Gasteiger partial charge is 0.494 e. The summed E-state index contributed by atoms with van der Waals surface area (Å²) in [7, 11) is 0. The van der Waals surface area contributed by atoms with Crippen molar-refractivity contribution in [1.29, 1.82) is 0 Å². The summed E-state index contributed by atoms with van der Waals surface area (Å²) in [6.45, 7) is 7.33. The van der Waals surface area contributed by atoms with E-state index in [-0.39, 0.29) is 17.9 Å². The molecule has 0 saturated heterocycles. The number of nitrogens with one attached hydrogen (secondary N) is 1. The molecule has 2 amide bonds. The van der Waals surface area contributed by atoms with Crippen molar-refractivity contribution in [3.05, 3.63) is 52.5 Å². The lowest BCUT2D eigenvalue weighted by atomic mass is 9.91. The second-order valence-electron chi connectivity index (χ2n) is 9.95. The number of ether oxygens (including phenoxy) is 1. The Balaban J connectivity index is 1.55. The van der Waals surface area contributed by atoms with Crippen LogP contribution in [0.15, 0.2) is 36.4 Å². The fraction of sp³-hybridized carbons (Fsp3) is 0.500. The Labute approximate surface area is 211 Å². The minimum Gasteiger partial charge on any atom is -0.494 e. The summed E-state index contributed by atoms with van der Waals surface area (Å²) < 4.78 is 9.03. The van der Waals surface area contributed by atoms with Crippen LogP contribution in [-0.2, 0) is 24.3 Å². The lowest BCUT2D eigenvalue weighted by Gasteiger charge is -2.45. The second-order valence-corrected chi connectivity index (χ2v) is 11.1. The van der Waals surface area contributed by atoms with Crippen LogP contribution >= 0.6 is 11.3 Å². The average molecular weight is 494 g/mol. The maximum Gasteiger partial charge on any atom is 0.271 e. The Hall–Kier alpha value is -2.80. The van der Waals surface area contributed by atoms with Crippen molar-refractivity contribution < 1.29 is 14.3 Å². The monoisotopic (exact) mass is 493 g/mol. The van der Waals surface area contributed by atoms with Crippen LogP contribution < -0.4 is 10.1 Å². The fourth-order valence-electron chi connectivity index (χ4n) is 5.50. The molecule has 1 fully saturated rings. The molecular formula is C28H35N3O3S. The molecule has 1 aromatic carbocycles. The van der Waals surface area contributed by atoms with E-state index in [1.54, 1.807) is 16.2 Å². The first kappa shape index (κ1) is 23.9. The fourth-order valence-corrected chi connectivity index (χ4v) is 6.54.